The van der Waals surface area contributed by atoms with Crippen LogP contribution in [0.1, 0.15) is 0 Å². The molecule has 2 aromatic heterocycles. The second-order valence-corrected chi connectivity index (χ2v) is 16.1. The molecule has 0 spiro atoms. The minimum Gasteiger partial charge on any atom is -0.208 e. The Kier molecular flexibility index (Phi) is 7.72. The minimum absolute atomic E-state index is 0.634. The summed E-state index contributed by atoms with van der Waals surface area (Å²) in [7, 11) is 0. The molecule has 274 valence electrons. The topological polar surface area (TPSA) is 38.7 Å². The quantitative estimate of drug-likeness (QED) is 0.164. The maximum Gasteiger partial charge on any atom is 0.165 e. The van der Waals surface area contributed by atoms with Crippen molar-refractivity contribution < 1.29 is 0 Å². The Morgan fingerprint density at radius 1 is 0.288 bits per heavy atom. The summed E-state index contributed by atoms with van der Waals surface area (Å²) in [5, 5.41) is 12.0. The van der Waals surface area contributed by atoms with Crippen LogP contribution in [-0.2, 0) is 0 Å². The summed E-state index contributed by atoms with van der Waals surface area (Å²) < 4.78 is 2.41. The van der Waals surface area contributed by atoms with E-state index in [2.05, 4.69) is 200 Å². The van der Waals surface area contributed by atoms with E-state index >= 15 is 0 Å². The van der Waals surface area contributed by atoms with E-state index in [0.717, 1.165) is 44.2 Å². The van der Waals surface area contributed by atoms with Crippen molar-refractivity contribution in [3.8, 4) is 56.4 Å². The summed E-state index contributed by atoms with van der Waals surface area (Å²) >= 11 is 1.79. The van der Waals surface area contributed by atoms with E-state index in [1.165, 1.54) is 58.1 Å². The van der Waals surface area contributed by atoms with Gasteiger partial charge in [0, 0.05) is 36.9 Å². The van der Waals surface area contributed by atoms with Gasteiger partial charge in [-0.15, -0.1) is 11.3 Å². The first-order chi connectivity index (χ1) is 29.2. The predicted molar refractivity (Wildman–Crippen MR) is 250 cm³/mol. The van der Waals surface area contributed by atoms with Crippen molar-refractivity contribution in [2.24, 2.45) is 0 Å². The standard InChI is InChI=1S/C55H33N3S/c1-4-17-39-34(13-1)16-11-23-40(39)36-27-29-37(30-28-36)53-56-54(48-25-12-24-47-45-22-9-10-26-50(45)59-52(47)48)58-55(57-53)51-42-19-6-2-14-35(42)31-32-46(51)49-33-38-15-3-5-18-41(38)43-20-7-8-21-44(43)49/h1-33H. The second kappa shape index (κ2) is 13.6. The van der Waals surface area contributed by atoms with Gasteiger partial charge in [0.15, 0.2) is 17.5 Å². The molecule has 3 nitrogen and oxygen atoms in total. The van der Waals surface area contributed by atoms with E-state index in [1.807, 2.05) is 0 Å². The predicted octanol–water partition coefficient (Wildman–Crippen LogP) is 15.2. The maximum atomic E-state index is 5.48. The van der Waals surface area contributed by atoms with E-state index in [9.17, 15) is 0 Å². The lowest BCUT2D eigenvalue weighted by molar-refractivity contribution is 1.08. The van der Waals surface area contributed by atoms with Gasteiger partial charge < -0.3 is 0 Å². The molecule has 0 fully saturated rings. The molecule has 0 amide bonds. The van der Waals surface area contributed by atoms with Gasteiger partial charge in [-0.05, 0) is 83.5 Å². The Balaban J connectivity index is 1.13. The lowest BCUT2D eigenvalue weighted by Gasteiger charge is -2.17. The van der Waals surface area contributed by atoms with E-state index in [-0.39, 0.29) is 0 Å². The Morgan fingerprint density at radius 2 is 0.847 bits per heavy atom. The zero-order chi connectivity index (χ0) is 38.9. The van der Waals surface area contributed by atoms with Crippen molar-refractivity contribution in [1.29, 1.82) is 0 Å². The minimum atomic E-state index is 0.634. The monoisotopic (exact) mass is 767 g/mol. The van der Waals surface area contributed by atoms with Gasteiger partial charge in [-0.25, -0.2) is 15.0 Å². The van der Waals surface area contributed by atoms with Gasteiger partial charge in [-0.2, -0.15) is 0 Å². The van der Waals surface area contributed by atoms with E-state index < -0.39 is 0 Å². The van der Waals surface area contributed by atoms with Gasteiger partial charge in [0.1, 0.15) is 0 Å². The Morgan fingerprint density at radius 3 is 1.68 bits per heavy atom. The molecular formula is C55H33N3S. The molecule has 0 saturated carbocycles. The average Bonchev–Trinajstić information content (AvgIpc) is 3.70. The fourth-order valence-electron chi connectivity index (χ4n) is 8.95. The highest BCUT2D eigenvalue weighted by Crippen LogP contribution is 2.44. The fraction of sp³-hybridized carbons (Fsp3) is 0. The summed E-state index contributed by atoms with van der Waals surface area (Å²) in [5.74, 6) is 1.93. The third-order valence-electron chi connectivity index (χ3n) is 11.7. The fourth-order valence-corrected chi connectivity index (χ4v) is 10.2. The lowest BCUT2D eigenvalue weighted by Crippen LogP contribution is -2.02. The number of fused-ring (bicyclic) bond motifs is 8. The molecule has 0 aliphatic heterocycles. The summed E-state index contributed by atoms with van der Waals surface area (Å²) in [6.07, 6.45) is 0. The molecular weight excluding hydrogens is 735 g/mol. The summed E-state index contributed by atoms with van der Waals surface area (Å²) in [4.78, 5) is 16.2. The van der Waals surface area contributed by atoms with Gasteiger partial charge in [-0.3, -0.25) is 0 Å². The Bertz CT molecular complexity index is 3620. The van der Waals surface area contributed by atoms with Crippen LogP contribution in [0.2, 0.25) is 0 Å². The maximum absolute atomic E-state index is 5.48. The number of hydrogen-bond acceptors (Lipinski definition) is 4. The molecule has 0 radical (unpaired) electrons. The molecule has 0 aliphatic carbocycles. The molecule has 59 heavy (non-hydrogen) atoms. The van der Waals surface area contributed by atoms with Crippen molar-refractivity contribution in [3.05, 3.63) is 200 Å². The summed E-state index contributed by atoms with van der Waals surface area (Å²) in [6, 6.07) is 71.6. The van der Waals surface area contributed by atoms with Crippen LogP contribution in [0.3, 0.4) is 0 Å². The molecule has 12 aromatic rings. The van der Waals surface area contributed by atoms with Crippen molar-refractivity contribution >= 4 is 74.6 Å². The van der Waals surface area contributed by atoms with Gasteiger partial charge in [0.2, 0.25) is 0 Å². The second-order valence-electron chi connectivity index (χ2n) is 15.1. The first-order valence-electron chi connectivity index (χ1n) is 19.9. The molecule has 0 unspecified atom stereocenters. The van der Waals surface area contributed by atoms with Crippen LogP contribution in [-0.4, -0.2) is 15.0 Å². The largest absolute Gasteiger partial charge is 0.208 e. The highest BCUT2D eigenvalue weighted by molar-refractivity contribution is 7.26. The highest BCUT2D eigenvalue weighted by Gasteiger charge is 2.22. The first kappa shape index (κ1) is 33.6. The van der Waals surface area contributed by atoms with Crippen LogP contribution in [0.25, 0.3) is 120 Å². The summed E-state index contributed by atoms with van der Waals surface area (Å²) in [5.41, 5.74) is 7.50. The van der Waals surface area contributed by atoms with Crippen LogP contribution in [0.5, 0.6) is 0 Å². The van der Waals surface area contributed by atoms with Crippen molar-refractivity contribution in [1.82, 2.24) is 15.0 Å². The summed E-state index contributed by atoms with van der Waals surface area (Å²) in [6.45, 7) is 0. The molecule has 12 rings (SSSR count). The number of rotatable bonds is 5. The van der Waals surface area contributed by atoms with Crippen LogP contribution >= 0.6 is 11.3 Å². The molecule has 0 atom stereocenters. The molecule has 0 N–H and O–H groups in total. The molecule has 0 bridgehead atoms. The SMILES string of the molecule is c1ccc2c(-c3ccc(-c4nc(-c5c(-c6cc7ccccc7c7ccccc67)ccc6ccccc56)nc(-c5cccc6c5sc5ccccc56)n4)cc3)cccc2c1. The third-order valence-corrected chi connectivity index (χ3v) is 13.0. The van der Waals surface area contributed by atoms with Gasteiger partial charge in [0.05, 0.1) is 0 Å². The first-order valence-corrected chi connectivity index (χ1v) is 20.8. The van der Waals surface area contributed by atoms with Crippen LogP contribution in [0.4, 0.5) is 0 Å². The Labute approximate surface area is 344 Å². The number of thiophene rings is 1. The van der Waals surface area contributed by atoms with Crippen molar-refractivity contribution in [2.75, 3.05) is 0 Å². The molecule has 2 heterocycles. The van der Waals surface area contributed by atoms with Crippen LogP contribution in [0.15, 0.2) is 200 Å². The van der Waals surface area contributed by atoms with Crippen LogP contribution in [0, 0.1) is 0 Å². The van der Waals surface area contributed by atoms with Crippen molar-refractivity contribution in [3.63, 3.8) is 0 Å². The zero-order valence-electron chi connectivity index (χ0n) is 31.8. The van der Waals surface area contributed by atoms with Gasteiger partial charge in [-0.1, -0.05) is 182 Å². The number of aromatic nitrogens is 3. The van der Waals surface area contributed by atoms with E-state index in [0.29, 0.717) is 17.5 Å². The molecule has 0 aliphatic rings. The third kappa shape index (κ3) is 5.53. The molecule has 10 aromatic carbocycles. The molecule has 4 heteroatoms. The van der Waals surface area contributed by atoms with Crippen LogP contribution < -0.4 is 0 Å². The van der Waals surface area contributed by atoms with Gasteiger partial charge in [0.25, 0.3) is 0 Å². The molecule has 0 saturated heterocycles. The van der Waals surface area contributed by atoms with Crippen molar-refractivity contribution in [2.45, 2.75) is 0 Å². The highest BCUT2D eigenvalue weighted by atomic mass is 32.1. The van der Waals surface area contributed by atoms with E-state index in [4.69, 9.17) is 15.0 Å². The Hall–Kier alpha value is -7.53. The number of nitrogens with zero attached hydrogens (tertiary/aromatic N) is 3. The van der Waals surface area contributed by atoms with E-state index in [1.54, 1.807) is 11.3 Å². The van der Waals surface area contributed by atoms with Gasteiger partial charge >= 0.3 is 0 Å². The number of benzene rings is 10. The average molecular weight is 768 g/mol. The smallest absolute Gasteiger partial charge is 0.165 e. The normalized spacial score (nSPS) is 11.7. The zero-order valence-corrected chi connectivity index (χ0v) is 32.6. The number of hydrogen-bond donors (Lipinski definition) is 0. The lowest BCUT2D eigenvalue weighted by atomic mass is 9.88.